The van der Waals surface area contributed by atoms with E-state index in [2.05, 4.69) is 11.9 Å². The van der Waals surface area contributed by atoms with E-state index in [-0.39, 0.29) is 19.6 Å². The zero-order chi connectivity index (χ0) is 15.7. The number of hydrogen-bond acceptors (Lipinski definition) is 4. The molecule has 0 fully saturated rings. The van der Waals surface area contributed by atoms with E-state index < -0.39 is 17.9 Å². The predicted molar refractivity (Wildman–Crippen MR) is 75.7 cm³/mol. The lowest BCUT2D eigenvalue weighted by Crippen LogP contribution is -2.44. The van der Waals surface area contributed by atoms with Gasteiger partial charge in [0.1, 0.15) is 0 Å². The van der Waals surface area contributed by atoms with E-state index in [1.165, 1.54) is 6.08 Å². The van der Waals surface area contributed by atoms with E-state index in [0.29, 0.717) is 5.56 Å². The van der Waals surface area contributed by atoms with Crippen molar-refractivity contribution in [3.63, 3.8) is 0 Å². The van der Waals surface area contributed by atoms with E-state index in [1.54, 1.807) is 24.3 Å². The Morgan fingerprint density at radius 2 is 2.10 bits per heavy atom. The Bertz CT molecular complexity index is 546. The standard InChI is InChI=1S/C15H16N2O4/c1-2-9-21-10-13(15(19)20)17-14(18)12-5-3-11(4-6-12)7-8-16/h2-6,13H,1,7,9-10H2,(H,17,18)(H,19,20). The van der Waals surface area contributed by atoms with Crippen LogP contribution in [0.5, 0.6) is 0 Å². The van der Waals surface area contributed by atoms with Crippen molar-refractivity contribution in [1.82, 2.24) is 5.32 Å². The van der Waals surface area contributed by atoms with Crippen LogP contribution in [0.3, 0.4) is 0 Å². The summed E-state index contributed by atoms with van der Waals surface area (Å²) in [4.78, 5) is 23.0. The van der Waals surface area contributed by atoms with Crippen LogP contribution < -0.4 is 5.32 Å². The van der Waals surface area contributed by atoms with Gasteiger partial charge in [-0.2, -0.15) is 5.26 Å². The maximum atomic E-state index is 11.9. The number of carbonyl (C=O) groups is 2. The van der Waals surface area contributed by atoms with E-state index >= 15 is 0 Å². The molecule has 6 nitrogen and oxygen atoms in total. The van der Waals surface area contributed by atoms with Crippen molar-refractivity contribution in [1.29, 1.82) is 5.26 Å². The number of carboxylic acid groups (broad SMARTS) is 1. The first-order chi connectivity index (χ1) is 10.1. The maximum absolute atomic E-state index is 11.9. The molecule has 0 aliphatic rings. The topological polar surface area (TPSA) is 99.4 Å². The molecule has 1 amide bonds. The van der Waals surface area contributed by atoms with Gasteiger partial charge in [0.2, 0.25) is 0 Å². The summed E-state index contributed by atoms with van der Waals surface area (Å²) in [6.45, 7) is 3.52. The Kier molecular flexibility index (Phi) is 6.65. The van der Waals surface area contributed by atoms with Gasteiger partial charge in [0.15, 0.2) is 6.04 Å². The third kappa shape index (κ3) is 5.47. The third-order valence-electron chi connectivity index (χ3n) is 2.62. The van der Waals surface area contributed by atoms with Crippen LogP contribution in [0.25, 0.3) is 0 Å². The summed E-state index contributed by atoms with van der Waals surface area (Å²) in [6, 6.07) is 7.28. The molecule has 6 heteroatoms. The molecule has 0 aromatic heterocycles. The zero-order valence-corrected chi connectivity index (χ0v) is 11.4. The van der Waals surface area contributed by atoms with Crippen LogP contribution in [-0.4, -0.2) is 36.2 Å². The minimum Gasteiger partial charge on any atom is -0.480 e. The molecule has 0 saturated carbocycles. The van der Waals surface area contributed by atoms with Crippen molar-refractivity contribution < 1.29 is 19.4 Å². The highest BCUT2D eigenvalue weighted by Gasteiger charge is 2.20. The molecule has 1 unspecified atom stereocenters. The predicted octanol–water partition coefficient (Wildman–Crippen LogP) is 1.14. The number of aliphatic carboxylic acids is 1. The van der Waals surface area contributed by atoms with E-state index in [1.807, 2.05) is 6.07 Å². The molecule has 0 aliphatic heterocycles. The summed E-state index contributed by atoms with van der Waals surface area (Å²) in [7, 11) is 0. The second-order valence-corrected chi connectivity index (χ2v) is 4.22. The smallest absolute Gasteiger partial charge is 0.328 e. The van der Waals surface area contributed by atoms with Gasteiger partial charge in [0.25, 0.3) is 5.91 Å². The Morgan fingerprint density at radius 3 is 2.62 bits per heavy atom. The van der Waals surface area contributed by atoms with Crippen LogP contribution in [-0.2, 0) is 16.0 Å². The summed E-state index contributed by atoms with van der Waals surface area (Å²) >= 11 is 0. The van der Waals surface area contributed by atoms with E-state index in [0.717, 1.165) is 5.56 Å². The van der Waals surface area contributed by atoms with Crippen molar-refractivity contribution in [2.75, 3.05) is 13.2 Å². The van der Waals surface area contributed by atoms with Gasteiger partial charge in [0, 0.05) is 5.56 Å². The lowest BCUT2D eigenvalue weighted by molar-refractivity contribution is -0.140. The second kappa shape index (κ2) is 8.51. The molecule has 2 N–H and O–H groups in total. The van der Waals surface area contributed by atoms with Crippen molar-refractivity contribution in [3.8, 4) is 6.07 Å². The molecular formula is C15H16N2O4. The molecule has 1 rings (SSSR count). The number of amides is 1. The van der Waals surface area contributed by atoms with Gasteiger partial charge in [-0.3, -0.25) is 4.79 Å². The number of rotatable bonds is 8. The zero-order valence-electron chi connectivity index (χ0n) is 11.4. The molecule has 1 aromatic carbocycles. The quantitative estimate of drug-likeness (QED) is 0.552. The largest absolute Gasteiger partial charge is 0.480 e. The Labute approximate surface area is 122 Å². The molecule has 1 atom stereocenters. The van der Waals surface area contributed by atoms with Crippen molar-refractivity contribution >= 4 is 11.9 Å². The Morgan fingerprint density at radius 1 is 1.43 bits per heavy atom. The molecular weight excluding hydrogens is 272 g/mol. The average molecular weight is 288 g/mol. The number of nitrogens with zero attached hydrogens (tertiary/aromatic N) is 1. The number of nitrogens with one attached hydrogen (secondary N) is 1. The molecule has 21 heavy (non-hydrogen) atoms. The Hall–Kier alpha value is -2.65. The first-order valence-electron chi connectivity index (χ1n) is 6.26. The maximum Gasteiger partial charge on any atom is 0.328 e. The van der Waals surface area contributed by atoms with E-state index in [4.69, 9.17) is 15.1 Å². The van der Waals surface area contributed by atoms with Gasteiger partial charge in [-0.05, 0) is 17.7 Å². The highest BCUT2D eigenvalue weighted by molar-refractivity contribution is 5.96. The van der Waals surface area contributed by atoms with Crippen LogP contribution in [0.2, 0.25) is 0 Å². The van der Waals surface area contributed by atoms with Crippen molar-refractivity contribution in [2.45, 2.75) is 12.5 Å². The number of hydrogen-bond donors (Lipinski definition) is 2. The van der Waals surface area contributed by atoms with Crippen LogP contribution in [0, 0.1) is 11.3 Å². The minimum atomic E-state index is -1.17. The fourth-order valence-electron chi connectivity index (χ4n) is 1.55. The van der Waals surface area contributed by atoms with Crippen LogP contribution in [0.1, 0.15) is 15.9 Å². The summed E-state index contributed by atoms with van der Waals surface area (Å²) in [5, 5.41) is 20.0. The summed E-state index contributed by atoms with van der Waals surface area (Å²) in [5.41, 5.74) is 1.12. The number of ether oxygens (including phenoxy) is 1. The number of carboxylic acids is 1. The molecule has 0 spiro atoms. The van der Waals surface area contributed by atoms with Crippen LogP contribution in [0.4, 0.5) is 0 Å². The molecule has 0 radical (unpaired) electrons. The summed E-state index contributed by atoms with van der Waals surface area (Å²) in [5.74, 6) is -1.68. The van der Waals surface area contributed by atoms with Crippen LogP contribution in [0.15, 0.2) is 36.9 Å². The highest BCUT2D eigenvalue weighted by atomic mass is 16.5. The minimum absolute atomic E-state index is 0.139. The van der Waals surface area contributed by atoms with Crippen molar-refractivity contribution in [2.24, 2.45) is 0 Å². The monoisotopic (exact) mass is 288 g/mol. The average Bonchev–Trinajstić information content (AvgIpc) is 2.47. The normalized spacial score (nSPS) is 11.2. The van der Waals surface area contributed by atoms with Gasteiger partial charge in [0.05, 0.1) is 25.7 Å². The van der Waals surface area contributed by atoms with Crippen LogP contribution >= 0.6 is 0 Å². The number of benzene rings is 1. The van der Waals surface area contributed by atoms with Crippen molar-refractivity contribution in [3.05, 3.63) is 48.0 Å². The molecule has 0 saturated heterocycles. The van der Waals surface area contributed by atoms with Gasteiger partial charge < -0.3 is 15.2 Å². The van der Waals surface area contributed by atoms with E-state index in [9.17, 15) is 9.59 Å². The van der Waals surface area contributed by atoms with Gasteiger partial charge in [-0.25, -0.2) is 4.79 Å². The first-order valence-corrected chi connectivity index (χ1v) is 6.26. The second-order valence-electron chi connectivity index (χ2n) is 4.22. The third-order valence-corrected chi connectivity index (χ3v) is 2.62. The molecule has 0 bridgehead atoms. The molecule has 1 aromatic rings. The van der Waals surface area contributed by atoms with Gasteiger partial charge in [-0.1, -0.05) is 18.2 Å². The molecule has 0 heterocycles. The lowest BCUT2D eigenvalue weighted by atomic mass is 10.1. The fourth-order valence-corrected chi connectivity index (χ4v) is 1.55. The number of carbonyl (C=O) groups excluding carboxylic acids is 1. The Balaban J connectivity index is 2.66. The number of nitriles is 1. The molecule has 110 valence electrons. The van der Waals surface area contributed by atoms with Gasteiger partial charge >= 0.3 is 5.97 Å². The summed E-state index contributed by atoms with van der Waals surface area (Å²) < 4.78 is 5.04. The summed E-state index contributed by atoms with van der Waals surface area (Å²) in [6.07, 6.45) is 1.75. The fraction of sp³-hybridized carbons (Fsp3) is 0.267. The highest BCUT2D eigenvalue weighted by Crippen LogP contribution is 2.05. The SMILES string of the molecule is C=CCOCC(NC(=O)c1ccc(CC#N)cc1)C(=O)O. The molecule has 0 aliphatic carbocycles. The lowest BCUT2D eigenvalue weighted by Gasteiger charge is -2.14. The van der Waals surface area contributed by atoms with Gasteiger partial charge in [-0.15, -0.1) is 6.58 Å². The first kappa shape index (κ1) is 16.4.